The number of benzene rings is 1. The molecule has 6 heteroatoms. The first-order chi connectivity index (χ1) is 11.5. The number of nitrogens with one attached hydrogen (secondary N) is 1. The Balaban J connectivity index is 1.51. The average Bonchev–Trinajstić information content (AvgIpc) is 3.10. The molecule has 0 aromatic heterocycles. The van der Waals surface area contributed by atoms with Gasteiger partial charge in [-0.25, -0.2) is 13.1 Å². The molecule has 1 heterocycles. The minimum Gasteiger partial charge on any atom is -0.300 e. The summed E-state index contributed by atoms with van der Waals surface area (Å²) in [5, 5.41) is 0.489. The summed E-state index contributed by atoms with van der Waals surface area (Å²) in [5.41, 5.74) is 0.884. The molecule has 0 bridgehead atoms. The van der Waals surface area contributed by atoms with Crippen molar-refractivity contribution < 1.29 is 8.42 Å². The molecule has 2 aliphatic rings. The first-order valence-corrected chi connectivity index (χ1v) is 10.8. The SMILES string of the molecule is Cc1ccc(S(=O)(=O)NCC2CCN(C3CCCC3)CC2)cc1Cl. The fourth-order valence-electron chi connectivity index (χ4n) is 3.84. The molecule has 1 saturated carbocycles. The van der Waals surface area contributed by atoms with Crippen LogP contribution in [-0.4, -0.2) is 39.0 Å². The van der Waals surface area contributed by atoms with Crippen LogP contribution in [0.25, 0.3) is 0 Å². The number of hydrogen-bond acceptors (Lipinski definition) is 3. The molecule has 0 spiro atoms. The average molecular weight is 371 g/mol. The predicted octanol–water partition coefficient (Wildman–Crippen LogP) is 3.58. The maximum Gasteiger partial charge on any atom is 0.240 e. The summed E-state index contributed by atoms with van der Waals surface area (Å²) in [6.45, 7) is 4.59. The van der Waals surface area contributed by atoms with E-state index in [1.54, 1.807) is 12.1 Å². The highest BCUT2D eigenvalue weighted by molar-refractivity contribution is 7.89. The third-order valence-corrected chi connectivity index (χ3v) is 7.33. The largest absolute Gasteiger partial charge is 0.300 e. The Morgan fingerprint density at radius 3 is 2.46 bits per heavy atom. The fraction of sp³-hybridized carbons (Fsp3) is 0.667. The molecule has 1 aliphatic carbocycles. The lowest BCUT2D eigenvalue weighted by molar-refractivity contribution is 0.135. The van der Waals surface area contributed by atoms with Gasteiger partial charge in [-0.2, -0.15) is 0 Å². The van der Waals surface area contributed by atoms with Crippen LogP contribution in [0.4, 0.5) is 0 Å². The zero-order valence-electron chi connectivity index (χ0n) is 14.3. The van der Waals surface area contributed by atoms with Crippen LogP contribution in [0.15, 0.2) is 23.1 Å². The normalized spacial score (nSPS) is 21.4. The molecular weight excluding hydrogens is 344 g/mol. The van der Waals surface area contributed by atoms with Gasteiger partial charge in [-0.3, -0.25) is 0 Å². The lowest BCUT2D eigenvalue weighted by Gasteiger charge is -2.36. The molecule has 1 N–H and O–H groups in total. The number of halogens is 1. The third-order valence-electron chi connectivity index (χ3n) is 5.51. The van der Waals surface area contributed by atoms with Crippen LogP contribution < -0.4 is 4.72 Å². The van der Waals surface area contributed by atoms with Crippen LogP contribution in [0.3, 0.4) is 0 Å². The molecule has 134 valence electrons. The van der Waals surface area contributed by atoms with E-state index >= 15 is 0 Å². The van der Waals surface area contributed by atoms with E-state index in [4.69, 9.17) is 11.6 Å². The third kappa shape index (κ3) is 4.31. The fourth-order valence-corrected chi connectivity index (χ4v) is 5.23. The maximum absolute atomic E-state index is 12.4. The molecule has 0 unspecified atom stereocenters. The van der Waals surface area contributed by atoms with Gasteiger partial charge in [-0.05, 0) is 69.3 Å². The molecule has 0 atom stereocenters. The minimum absolute atomic E-state index is 0.251. The smallest absolute Gasteiger partial charge is 0.240 e. The van der Waals surface area contributed by atoms with Crippen LogP contribution >= 0.6 is 11.6 Å². The highest BCUT2D eigenvalue weighted by Crippen LogP contribution is 2.28. The van der Waals surface area contributed by atoms with Crippen molar-refractivity contribution in [2.45, 2.75) is 56.4 Å². The van der Waals surface area contributed by atoms with Gasteiger partial charge < -0.3 is 4.90 Å². The van der Waals surface area contributed by atoms with E-state index in [0.29, 0.717) is 17.5 Å². The van der Waals surface area contributed by atoms with Crippen LogP contribution in [0.2, 0.25) is 5.02 Å². The van der Waals surface area contributed by atoms with Gasteiger partial charge >= 0.3 is 0 Å². The molecule has 0 radical (unpaired) electrons. The number of aryl methyl sites for hydroxylation is 1. The summed E-state index contributed by atoms with van der Waals surface area (Å²) >= 11 is 6.05. The van der Waals surface area contributed by atoms with Crippen molar-refractivity contribution in [3.8, 4) is 0 Å². The standard InChI is InChI=1S/C18H27ClN2O2S/c1-14-6-7-17(12-18(14)19)24(22,23)20-13-15-8-10-21(11-9-15)16-4-2-3-5-16/h6-7,12,15-16,20H,2-5,8-11,13H2,1H3. The van der Waals surface area contributed by atoms with Crippen molar-refractivity contribution in [1.82, 2.24) is 9.62 Å². The van der Waals surface area contributed by atoms with E-state index in [-0.39, 0.29) is 4.90 Å². The zero-order valence-corrected chi connectivity index (χ0v) is 15.9. The Kier molecular flexibility index (Phi) is 5.85. The molecule has 0 amide bonds. The lowest BCUT2D eigenvalue weighted by Crippen LogP contribution is -2.42. The van der Waals surface area contributed by atoms with Gasteiger partial charge in [0.1, 0.15) is 0 Å². The lowest BCUT2D eigenvalue weighted by atomic mass is 9.96. The molecule has 24 heavy (non-hydrogen) atoms. The molecule has 1 aromatic carbocycles. The van der Waals surface area contributed by atoms with Crippen molar-refractivity contribution >= 4 is 21.6 Å². The van der Waals surface area contributed by atoms with Gasteiger partial charge in [0, 0.05) is 17.6 Å². The first kappa shape index (κ1) is 18.2. The highest BCUT2D eigenvalue weighted by atomic mass is 35.5. The van der Waals surface area contributed by atoms with Crippen molar-refractivity contribution in [2.75, 3.05) is 19.6 Å². The number of hydrogen-bond donors (Lipinski definition) is 1. The summed E-state index contributed by atoms with van der Waals surface area (Å²) in [7, 11) is -3.48. The van der Waals surface area contributed by atoms with E-state index in [9.17, 15) is 8.42 Å². The van der Waals surface area contributed by atoms with E-state index in [1.807, 2.05) is 6.92 Å². The minimum atomic E-state index is -3.48. The predicted molar refractivity (Wildman–Crippen MR) is 97.9 cm³/mol. The Hall–Kier alpha value is -0.620. The van der Waals surface area contributed by atoms with Gasteiger partial charge in [0.25, 0.3) is 0 Å². The maximum atomic E-state index is 12.4. The Morgan fingerprint density at radius 1 is 1.17 bits per heavy atom. The second kappa shape index (κ2) is 7.73. The molecule has 4 nitrogen and oxygen atoms in total. The van der Waals surface area contributed by atoms with E-state index in [0.717, 1.165) is 37.5 Å². The summed E-state index contributed by atoms with van der Waals surface area (Å²) in [5.74, 6) is 0.429. The number of nitrogens with zero attached hydrogens (tertiary/aromatic N) is 1. The Bertz CT molecular complexity index is 664. The van der Waals surface area contributed by atoms with Crippen molar-refractivity contribution in [3.05, 3.63) is 28.8 Å². The van der Waals surface area contributed by atoms with Crippen molar-refractivity contribution in [1.29, 1.82) is 0 Å². The Morgan fingerprint density at radius 2 is 1.83 bits per heavy atom. The molecule has 1 saturated heterocycles. The Labute approximate surface area is 150 Å². The molecule has 2 fully saturated rings. The molecule has 1 aliphatic heterocycles. The van der Waals surface area contributed by atoms with Gasteiger partial charge in [0.05, 0.1) is 4.90 Å². The van der Waals surface area contributed by atoms with Gasteiger partial charge in [0.2, 0.25) is 10.0 Å². The number of rotatable bonds is 5. The quantitative estimate of drug-likeness (QED) is 0.861. The van der Waals surface area contributed by atoms with Gasteiger partial charge in [-0.15, -0.1) is 0 Å². The van der Waals surface area contributed by atoms with Crippen LogP contribution in [0, 0.1) is 12.8 Å². The van der Waals surface area contributed by atoms with E-state index in [1.165, 1.54) is 31.7 Å². The molecule has 1 aromatic rings. The monoisotopic (exact) mass is 370 g/mol. The zero-order chi connectivity index (χ0) is 17.2. The van der Waals surface area contributed by atoms with E-state index < -0.39 is 10.0 Å². The molecular formula is C18H27ClN2O2S. The van der Waals surface area contributed by atoms with Gasteiger partial charge in [-0.1, -0.05) is 30.5 Å². The summed E-state index contributed by atoms with van der Waals surface area (Å²) in [4.78, 5) is 2.86. The highest BCUT2D eigenvalue weighted by Gasteiger charge is 2.27. The molecule has 3 rings (SSSR count). The van der Waals surface area contributed by atoms with Crippen LogP contribution in [-0.2, 0) is 10.0 Å². The van der Waals surface area contributed by atoms with Crippen LogP contribution in [0.5, 0.6) is 0 Å². The van der Waals surface area contributed by atoms with Crippen molar-refractivity contribution in [3.63, 3.8) is 0 Å². The number of sulfonamides is 1. The van der Waals surface area contributed by atoms with Crippen molar-refractivity contribution in [2.24, 2.45) is 5.92 Å². The summed E-state index contributed by atoms with van der Waals surface area (Å²) in [6.07, 6.45) is 7.56. The summed E-state index contributed by atoms with van der Waals surface area (Å²) in [6, 6.07) is 5.67. The topological polar surface area (TPSA) is 49.4 Å². The number of piperidine rings is 1. The number of likely N-dealkylation sites (tertiary alicyclic amines) is 1. The summed E-state index contributed by atoms with van der Waals surface area (Å²) < 4.78 is 27.6. The second-order valence-electron chi connectivity index (χ2n) is 7.18. The van der Waals surface area contributed by atoms with E-state index in [2.05, 4.69) is 9.62 Å². The van der Waals surface area contributed by atoms with Gasteiger partial charge in [0.15, 0.2) is 0 Å². The van der Waals surface area contributed by atoms with Crippen LogP contribution in [0.1, 0.15) is 44.1 Å². The first-order valence-electron chi connectivity index (χ1n) is 8.95. The second-order valence-corrected chi connectivity index (χ2v) is 9.35.